The van der Waals surface area contributed by atoms with Gasteiger partial charge in [0, 0.05) is 19.6 Å². The Kier molecular flexibility index (Phi) is 4.87. The SMILES string of the molecule is COc1ccccc1-c1noc(CCNC(=O)C2CCCO2)n1. The Morgan fingerprint density at radius 2 is 2.30 bits per heavy atom. The summed E-state index contributed by atoms with van der Waals surface area (Å²) in [4.78, 5) is 16.2. The maximum Gasteiger partial charge on any atom is 0.249 e. The molecule has 1 amide bonds. The Bertz CT molecular complexity index is 665. The van der Waals surface area contributed by atoms with Gasteiger partial charge in [-0.1, -0.05) is 17.3 Å². The van der Waals surface area contributed by atoms with Crippen molar-refractivity contribution in [1.29, 1.82) is 0 Å². The highest BCUT2D eigenvalue weighted by molar-refractivity contribution is 5.80. The highest BCUT2D eigenvalue weighted by atomic mass is 16.5. The van der Waals surface area contributed by atoms with Gasteiger partial charge in [0.15, 0.2) is 0 Å². The van der Waals surface area contributed by atoms with E-state index < -0.39 is 0 Å². The number of hydrogen-bond acceptors (Lipinski definition) is 6. The van der Waals surface area contributed by atoms with Crippen LogP contribution in [0.3, 0.4) is 0 Å². The van der Waals surface area contributed by atoms with Gasteiger partial charge in [0.2, 0.25) is 17.6 Å². The molecule has 2 aromatic rings. The maximum atomic E-state index is 11.8. The van der Waals surface area contributed by atoms with Crippen molar-refractivity contribution in [1.82, 2.24) is 15.5 Å². The van der Waals surface area contributed by atoms with Gasteiger partial charge in [-0.2, -0.15) is 4.98 Å². The lowest BCUT2D eigenvalue weighted by Crippen LogP contribution is -2.35. The lowest BCUT2D eigenvalue weighted by molar-refractivity contribution is -0.130. The molecule has 2 heterocycles. The highest BCUT2D eigenvalue weighted by Crippen LogP contribution is 2.26. The molecule has 3 rings (SSSR count). The van der Waals surface area contributed by atoms with Crippen molar-refractivity contribution in [3.05, 3.63) is 30.2 Å². The van der Waals surface area contributed by atoms with Crippen LogP contribution in [0.1, 0.15) is 18.7 Å². The number of para-hydroxylation sites is 1. The third-order valence-electron chi connectivity index (χ3n) is 3.68. The largest absolute Gasteiger partial charge is 0.496 e. The van der Waals surface area contributed by atoms with Crippen LogP contribution in [-0.4, -0.2) is 42.4 Å². The minimum absolute atomic E-state index is 0.0769. The Morgan fingerprint density at radius 3 is 3.09 bits per heavy atom. The first-order valence-electron chi connectivity index (χ1n) is 7.63. The molecule has 7 nitrogen and oxygen atoms in total. The molecular weight excluding hydrogens is 298 g/mol. The predicted octanol–water partition coefficient (Wildman–Crippen LogP) is 1.58. The number of ether oxygens (including phenoxy) is 2. The number of methoxy groups -OCH3 is 1. The molecule has 1 atom stereocenters. The molecule has 1 aromatic heterocycles. The van der Waals surface area contributed by atoms with E-state index in [0.717, 1.165) is 18.4 Å². The zero-order chi connectivity index (χ0) is 16.1. The Labute approximate surface area is 134 Å². The number of rotatable bonds is 6. The number of nitrogens with one attached hydrogen (secondary N) is 1. The highest BCUT2D eigenvalue weighted by Gasteiger charge is 2.23. The first-order chi connectivity index (χ1) is 11.3. The summed E-state index contributed by atoms with van der Waals surface area (Å²) in [6.07, 6.45) is 1.87. The number of benzene rings is 1. The van der Waals surface area contributed by atoms with Crippen LogP contribution in [0.5, 0.6) is 5.75 Å². The van der Waals surface area contributed by atoms with Gasteiger partial charge in [0.05, 0.1) is 12.7 Å². The van der Waals surface area contributed by atoms with Gasteiger partial charge in [-0.15, -0.1) is 0 Å². The molecule has 23 heavy (non-hydrogen) atoms. The maximum absolute atomic E-state index is 11.8. The van der Waals surface area contributed by atoms with Crippen molar-refractivity contribution in [3.8, 4) is 17.1 Å². The number of aromatic nitrogens is 2. The molecule has 1 N–H and O–H groups in total. The molecule has 7 heteroatoms. The topological polar surface area (TPSA) is 86.5 Å². The molecule has 0 bridgehead atoms. The zero-order valence-corrected chi connectivity index (χ0v) is 12.9. The molecule has 1 aliphatic rings. The molecule has 1 fully saturated rings. The van der Waals surface area contributed by atoms with Crippen LogP contribution in [0.15, 0.2) is 28.8 Å². The minimum atomic E-state index is -0.318. The summed E-state index contributed by atoms with van der Waals surface area (Å²) in [7, 11) is 1.60. The van der Waals surface area contributed by atoms with E-state index in [4.69, 9.17) is 14.0 Å². The molecule has 122 valence electrons. The van der Waals surface area contributed by atoms with Crippen LogP contribution in [0.2, 0.25) is 0 Å². The molecule has 0 aliphatic carbocycles. The minimum Gasteiger partial charge on any atom is -0.496 e. The Hall–Kier alpha value is -2.41. The average molecular weight is 317 g/mol. The van der Waals surface area contributed by atoms with Crippen molar-refractivity contribution >= 4 is 5.91 Å². The fourth-order valence-electron chi connectivity index (χ4n) is 2.49. The summed E-state index contributed by atoms with van der Waals surface area (Å²) < 4.78 is 15.8. The predicted molar refractivity (Wildman–Crippen MR) is 82.0 cm³/mol. The number of carbonyl (C=O) groups is 1. The van der Waals surface area contributed by atoms with E-state index in [1.165, 1.54) is 0 Å². The molecule has 1 aromatic carbocycles. The molecule has 1 aliphatic heterocycles. The van der Waals surface area contributed by atoms with E-state index >= 15 is 0 Å². The fourth-order valence-corrected chi connectivity index (χ4v) is 2.49. The number of nitrogens with zero attached hydrogens (tertiary/aromatic N) is 2. The molecule has 0 saturated carbocycles. The molecule has 1 unspecified atom stereocenters. The van der Waals surface area contributed by atoms with Crippen molar-refractivity contribution in [2.45, 2.75) is 25.4 Å². The second kappa shape index (κ2) is 7.23. The average Bonchev–Trinajstić information content (AvgIpc) is 3.26. The third kappa shape index (κ3) is 3.68. The number of hydrogen-bond donors (Lipinski definition) is 1. The second-order valence-corrected chi connectivity index (χ2v) is 5.25. The van der Waals surface area contributed by atoms with Gasteiger partial charge in [-0.3, -0.25) is 4.79 Å². The second-order valence-electron chi connectivity index (χ2n) is 5.25. The summed E-state index contributed by atoms with van der Waals surface area (Å²) in [5, 5.41) is 6.80. The first-order valence-corrected chi connectivity index (χ1v) is 7.63. The lowest BCUT2D eigenvalue weighted by Gasteiger charge is -2.08. The van der Waals surface area contributed by atoms with E-state index in [1.807, 2.05) is 24.3 Å². The third-order valence-corrected chi connectivity index (χ3v) is 3.68. The molecule has 0 spiro atoms. The van der Waals surface area contributed by atoms with Crippen LogP contribution < -0.4 is 10.1 Å². The standard InChI is InChI=1S/C16H19N3O4/c1-21-12-6-3-2-5-11(12)15-18-14(23-19-15)8-9-17-16(20)13-7-4-10-22-13/h2-3,5-6,13H,4,7-10H2,1H3,(H,17,20). The fraction of sp³-hybridized carbons (Fsp3) is 0.438. The molecule has 1 saturated heterocycles. The van der Waals surface area contributed by atoms with Crippen LogP contribution in [0.25, 0.3) is 11.4 Å². The summed E-state index contributed by atoms with van der Waals surface area (Å²) in [6, 6.07) is 7.47. The van der Waals surface area contributed by atoms with Gasteiger partial charge in [0.1, 0.15) is 11.9 Å². The number of carbonyl (C=O) groups excluding carboxylic acids is 1. The van der Waals surface area contributed by atoms with E-state index in [1.54, 1.807) is 7.11 Å². The van der Waals surface area contributed by atoms with Crippen molar-refractivity contribution in [2.24, 2.45) is 0 Å². The first kappa shape index (κ1) is 15.5. The number of amides is 1. The quantitative estimate of drug-likeness (QED) is 0.870. The van der Waals surface area contributed by atoms with Gasteiger partial charge in [-0.05, 0) is 25.0 Å². The van der Waals surface area contributed by atoms with Crippen LogP contribution in [0, 0.1) is 0 Å². The summed E-state index contributed by atoms with van der Waals surface area (Å²) >= 11 is 0. The van der Waals surface area contributed by atoms with Crippen LogP contribution >= 0.6 is 0 Å². The van der Waals surface area contributed by atoms with Gasteiger partial charge >= 0.3 is 0 Å². The molecular formula is C16H19N3O4. The van der Waals surface area contributed by atoms with E-state index in [-0.39, 0.29) is 12.0 Å². The van der Waals surface area contributed by atoms with Gasteiger partial charge in [-0.25, -0.2) is 0 Å². The lowest BCUT2D eigenvalue weighted by atomic mass is 10.2. The van der Waals surface area contributed by atoms with Crippen molar-refractivity contribution in [2.75, 3.05) is 20.3 Å². The Balaban J connectivity index is 1.56. The van der Waals surface area contributed by atoms with Gasteiger partial charge in [0.25, 0.3) is 0 Å². The monoisotopic (exact) mass is 317 g/mol. The van der Waals surface area contributed by atoms with Crippen LogP contribution in [-0.2, 0) is 16.0 Å². The normalized spacial score (nSPS) is 17.2. The summed E-state index contributed by atoms with van der Waals surface area (Å²) in [5.41, 5.74) is 0.772. The van der Waals surface area contributed by atoms with Gasteiger partial charge < -0.3 is 19.3 Å². The summed E-state index contributed by atoms with van der Waals surface area (Å²) in [6.45, 7) is 1.09. The zero-order valence-electron chi connectivity index (χ0n) is 12.9. The van der Waals surface area contributed by atoms with Crippen molar-refractivity contribution in [3.63, 3.8) is 0 Å². The Morgan fingerprint density at radius 1 is 1.43 bits per heavy atom. The molecule has 0 radical (unpaired) electrons. The van der Waals surface area contributed by atoms with E-state index in [2.05, 4.69) is 15.5 Å². The summed E-state index contributed by atoms with van der Waals surface area (Å²) in [5.74, 6) is 1.56. The van der Waals surface area contributed by atoms with E-state index in [0.29, 0.717) is 37.0 Å². The van der Waals surface area contributed by atoms with Crippen LogP contribution in [0.4, 0.5) is 0 Å². The smallest absolute Gasteiger partial charge is 0.249 e. The van der Waals surface area contributed by atoms with Crippen molar-refractivity contribution < 1.29 is 18.8 Å². The van der Waals surface area contributed by atoms with E-state index in [9.17, 15) is 4.79 Å².